The van der Waals surface area contributed by atoms with Crippen LogP contribution in [0, 0.1) is 0 Å². The summed E-state index contributed by atoms with van der Waals surface area (Å²) in [6, 6.07) is 12.4. The molecule has 2 aromatic carbocycles. The topological polar surface area (TPSA) is 89.7 Å². The zero-order valence-corrected chi connectivity index (χ0v) is 16.7. The molecule has 2 heterocycles. The number of nitrogens with two attached hydrogens (primary N) is 1. The first-order valence-electron chi connectivity index (χ1n) is 9.38. The Morgan fingerprint density at radius 3 is 2.61 bits per heavy atom. The van der Waals surface area contributed by atoms with Crippen molar-refractivity contribution < 1.29 is 17.9 Å². The number of piperidine rings is 1. The smallest absolute Gasteiger partial charge is 0.253 e. The Labute approximate surface area is 165 Å². The second kappa shape index (κ2) is 6.90. The Morgan fingerprint density at radius 1 is 1.18 bits per heavy atom. The Hall–Kier alpha value is -2.38. The summed E-state index contributed by atoms with van der Waals surface area (Å²) in [5, 5.41) is 0. The molecule has 28 heavy (non-hydrogen) atoms. The molecule has 2 aromatic rings. The summed E-state index contributed by atoms with van der Waals surface area (Å²) in [5.74, 6) is 0.785. The molecule has 2 N–H and O–H groups in total. The highest BCUT2D eigenvalue weighted by Crippen LogP contribution is 2.46. The monoisotopic (exact) mass is 400 g/mol. The number of carbonyl (C=O) groups is 1. The molecule has 1 fully saturated rings. The second-order valence-corrected chi connectivity index (χ2v) is 9.71. The number of sulfone groups is 1. The van der Waals surface area contributed by atoms with Crippen LogP contribution in [0.5, 0.6) is 5.75 Å². The van der Waals surface area contributed by atoms with Crippen LogP contribution in [-0.2, 0) is 21.8 Å². The number of fused-ring (bicyclic) bond motifs is 2. The average Bonchev–Trinajstić information content (AvgIpc) is 3.05. The second-order valence-electron chi connectivity index (χ2n) is 7.70. The molecule has 0 aromatic heterocycles. The van der Waals surface area contributed by atoms with Crippen molar-refractivity contribution in [2.45, 2.75) is 29.7 Å². The number of ether oxygens (including phenoxy) is 1. The minimum atomic E-state index is -3.35. The fourth-order valence-corrected chi connectivity index (χ4v) is 4.80. The third-order valence-electron chi connectivity index (χ3n) is 5.87. The number of hydrogen-bond donors (Lipinski definition) is 1. The third kappa shape index (κ3) is 3.29. The first kappa shape index (κ1) is 19.0. The lowest BCUT2D eigenvalue weighted by molar-refractivity contribution is 0.0646. The van der Waals surface area contributed by atoms with E-state index in [1.165, 1.54) is 17.7 Å². The van der Waals surface area contributed by atoms with E-state index in [1.807, 2.05) is 12.1 Å². The average molecular weight is 401 g/mol. The number of likely N-dealkylation sites (tertiary alicyclic amines) is 1. The standard InChI is InChI=1S/C21H24N2O4S/c1-28(25,26)17-4-2-3-16(12-17)20(24)23-9-7-21(8-10-23)14-27-19-6-5-15(13-22)11-18(19)21/h2-6,11-12H,7-10,13-14,22H2,1H3. The molecule has 1 amide bonds. The van der Waals surface area contributed by atoms with Gasteiger partial charge in [-0.2, -0.15) is 0 Å². The van der Waals surface area contributed by atoms with E-state index in [0.717, 1.165) is 30.4 Å². The first-order valence-corrected chi connectivity index (χ1v) is 11.3. The van der Waals surface area contributed by atoms with Crippen molar-refractivity contribution in [2.24, 2.45) is 5.73 Å². The van der Waals surface area contributed by atoms with Crippen LogP contribution in [0.15, 0.2) is 47.4 Å². The number of nitrogens with zero attached hydrogens (tertiary/aromatic N) is 1. The van der Waals surface area contributed by atoms with Crippen LogP contribution in [0.4, 0.5) is 0 Å². The van der Waals surface area contributed by atoms with Gasteiger partial charge in [0.15, 0.2) is 9.84 Å². The Balaban J connectivity index is 1.52. The molecule has 7 heteroatoms. The van der Waals surface area contributed by atoms with Crippen LogP contribution < -0.4 is 10.5 Å². The SMILES string of the molecule is CS(=O)(=O)c1cccc(C(=O)N2CCC3(CC2)COc2ccc(CN)cc23)c1. The van der Waals surface area contributed by atoms with E-state index in [4.69, 9.17) is 10.5 Å². The third-order valence-corrected chi connectivity index (χ3v) is 6.98. The Morgan fingerprint density at radius 2 is 1.93 bits per heavy atom. The van der Waals surface area contributed by atoms with Gasteiger partial charge in [-0.1, -0.05) is 18.2 Å². The Kier molecular flexibility index (Phi) is 4.67. The van der Waals surface area contributed by atoms with Gasteiger partial charge in [-0.05, 0) is 42.7 Å². The van der Waals surface area contributed by atoms with Crippen LogP contribution in [0.3, 0.4) is 0 Å². The van der Waals surface area contributed by atoms with Gasteiger partial charge in [0.05, 0.1) is 11.5 Å². The number of hydrogen-bond acceptors (Lipinski definition) is 5. The molecule has 0 bridgehead atoms. The molecule has 148 valence electrons. The minimum Gasteiger partial charge on any atom is -0.492 e. The van der Waals surface area contributed by atoms with Gasteiger partial charge in [0.2, 0.25) is 0 Å². The largest absolute Gasteiger partial charge is 0.492 e. The molecular formula is C21H24N2O4S. The van der Waals surface area contributed by atoms with Crippen LogP contribution >= 0.6 is 0 Å². The highest BCUT2D eigenvalue weighted by atomic mass is 32.2. The summed E-state index contributed by atoms with van der Waals surface area (Å²) in [5.41, 5.74) is 8.41. The first-order chi connectivity index (χ1) is 13.3. The summed E-state index contributed by atoms with van der Waals surface area (Å²) in [7, 11) is -3.35. The van der Waals surface area contributed by atoms with E-state index in [1.54, 1.807) is 17.0 Å². The summed E-state index contributed by atoms with van der Waals surface area (Å²) in [4.78, 5) is 14.9. The normalized spacial score (nSPS) is 18.0. The van der Waals surface area contributed by atoms with Crippen LogP contribution in [0.2, 0.25) is 0 Å². The molecule has 0 unspecified atom stereocenters. The molecule has 0 aliphatic carbocycles. The molecule has 2 aliphatic rings. The molecular weight excluding hydrogens is 376 g/mol. The number of amides is 1. The fourth-order valence-electron chi connectivity index (χ4n) is 4.13. The lowest BCUT2D eigenvalue weighted by Crippen LogP contribution is -2.46. The zero-order valence-electron chi connectivity index (χ0n) is 15.8. The number of rotatable bonds is 3. The van der Waals surface area contributed by atoms with E-state index >= 15 is 0 Å². The van der Waals surface area contributed by atoms with Crippen molar-refractivity contribution in [3.63, 3.8) is 0 Å². The van der Waals surface area contributed by atoms with Crippen LogP contribution in [-0.4, -0.2) is 45.2 Å². The summed E-state index contributed by atoms with van der Waals surface area (Å²) >= 11 is 0. The molecule has 0 atom stereocenters. The molecule has 4 rings (SSSR count). The predicted molar refractivity (Wildman–Crippen MR) is 106 cm³/mol. The van der Waals surface area contributed by atoms with Gasteiger partial charge < -0.3 is 15.4 Å². The Bertz CT molecular complexity index is 1020. The van der Waals surface area contributed by atoms with E-state index in [2.05, 4.69) is 6.07 Å². The summed E-state index contributed by atoms with van der Waals surface area (Å²) < 4.78 is 29.5. The quantitative estimate of drug-likeness (QED) is 0.852. The van der Waals surface area contributed by atoms with Crippen LogP contribution in [0.1, 0.15) is 34.3 Å². The molecule has 1 spiro atoms. The highest BCUT2D eigenvalue weighted by molar-refractivity contribution is 7.90. The van der Waals surface area contributed by atoms with Crippen molar-refractivity contribution in [3.8, 4) is 5.75 Å². The van der Waals surface area contributed by atoms with Gasteiger partial charge in [0, 0.05) is 42.4 Å². The van der Waals surface area contributed by atoms with Crippen LogP contribution in [0.25, 0.3) is 0 Å². The van der Waals surface area contributed by atoms with Crippen molar-refractivity contribution >= 4 is 15.7 Å². The number of carbonyl (C=O) groups excluding carboxylic acids is 1. The molecule has 0 radical (unpaired) electrons. The van der Waals surface area contributed by atoms with Gasteiger partial charge >= 0.3 is 0 Å². The van der Waals surface area contributed by atoms with Gasteiger partial charge in [-0.3, -0.25) is 4.79 Å². The van der Waals surface area contributed by atoms with E-state index in [-0.39, 0.29) is 16.2 Å². The molecule has 6 nitrogen and oxygen atoms in total. The lowest BCUT2D eigenvalue weighted by atomic mass is 9.74. The molecule has 0 saturated carbocycles. The predicted octanol–water partition coefficient (Wildman–Crippen LogP) is 2.12. The number of benzene rings is 2. The van der Waals surface area contributed by atoms with Crippen molar-refractivity contribution in [2.75, 3.05) is 26.0 Å². The maximum Gasteiger partial charge on any atom is 0.253 e. The van der Waals surface area contributed by atoms with E-state index < -0.39 is 9.84 Å². The summed E-state index contributed by atoms with van der Waals surface area (Å²) in [6.07, 6.45) is 2.77. The highest BCUT2D eigenvalue weighted by Gasteiger charge is 2.44. The fraction of sp³-hybridized carbons (Fsp3) is 0.381. The van der Waals surface area contributed by atoms with Crippen molar-refractivity contribution in [1.29, 1.82) is 0 Å². The van der Waals surface area contributed by atoms with Gasteiger partial charge in [-0.15, -0.1) is 0 Å². The van der Waals surface area contributed by atoms with Gasteiger partial charge in [0.25, 0.3) is 5.91 Å². The van der Waals surface area contributed by atoms with Crippen molar-refractivity contribution in [3.05, 3.63) is 59.2 Å². The minimum absolute atomic E-state index is 0.0775. The van der Waals surface area contributed by atoms with E-state index in [0.29, 0.717) is 31.8 Å². The molecule has 1 saturated heterocycles. The maximum absolute atomic E-state index is 12.9. The summed E-state index contributed by atoms with van der Waals surface area (Å²) in [6.45, 7) is 2.34. The lowest BCUT2D eigenvalue weighted by Gasteiger charge is -2.38. The van der Waals surface area contributed by atoms with Gasteiger partial charge in [-0.25, -0.2) is 8.42 Å². The zero-order chi connectivity index (χ0) is 19.9. The van der Waals surface area contributed by atoms with Crippen molar-refractivity contribution in [1.82, 2.24) is 4.90 Å². The van der Waals surface area contributed by atoms with Gasteiger partial charge in [0.1, 0.15) is 5.75 Å². The maximum atomic E-state index is 12.9. The molecule has 2 aliphatic heterocycles. The van der Waals surface area contributed by atoms with E-state index in [9.17, 15) is 13.2 Å².